The second-order valence-electron chi connectivity index (χ2n) is 10.8. The van der Waals surface area contributed by atoms with E-state index >= 15 is 0 Å². The largest absolute Gasteiger partial charge is 0.206 e. The molecule has 0 nitrogen and oxygen atoms in total. The summed E-state index contributed by atoms with van der Waals surface area (Å²) in [6, 6.07) is 27.6. The fraction of sp³-hybridized carbons (Fsp3) is 0.455. The average molecular weight is 487 g/mol. The number of hydrogen-bond acceptors (Lipinski definition) is 0. The van der Waals surface area contributed by atoms with Gasteiger partial charge in [-0.3, -0.25) is 0 Å². The Bertz CT molecular complexity index is 1030. The van der Waals surface area contributed by atoms with E-state index in [-0.39, 0.29) is 5.82 Å². The van der Waals surface area contributed by atoms with Crippen LogP contribution < -0.4 is 0 Å². The monoisotopic (exact) mass is 486 g/mol. The number of halogens is 1. The van der Waals surface area contributed by atoms with Crippen molar-refractivity contribution in [1.29, 1.82) is 0 Å². The molecule has 0 radical (unpaired) electrons. The molecule has 0 N–H and O–H groups in total. The van der Waals surface area contributed by atoms with Gasteiger partial charge in [0.2, 0.25) is 0 Å². The highest BCUT2D eigenvalue weighted by atomic mass is 28.3. The van der Waals surface area contributed by atoms with Crippen LogP contribution in [-0.4, -0.2) is 8.80 Å². The third kappa shape index (κ3) is 7.40. The molecular formula is C33H43FSi. The first-order valence-corrected chi connectivity index (χ1v) is 16.6. The fourth-order valence-electron chi connectivity index (χ4n) is 5.79. The van der Waals surface area contributed by atoms with Crippen LogP contribution in [0.3, 0.4) is 0 Å². The maximum atomic E-state index is 15.0. The SMILES string of the molecule is CCCCC[Si@H]1CC[C@H](CCc2ccc(-c3ccc(-c4ccc(CCC)cc4)c(F)c3)cc2)CC1. The minimum absolute atomic E-state index is 0.149. The van der Waals surface area contributed by atoms with Crippen LogP contribution in [0.2, 0.25) is 18.1 Å². The van der Waals surface area contributed by atoms with Crippen LogP contribution in [0.25, 0.3) is 22.3 Å². The molecule has 1 aliphatic heterocycles. The van der Waals surface area contributed by atoms with Crippen molar-refractivity contribution < 1.29 is 4.39 Å². The zero-order valence-corrected chi connectivity index (χ0v) is 23.0. The van der Waals surface area contributed by atoms with Gasteiger partial charge in [-0.15, -0.1) is 0 Å². The standard InChI is InChI=1S/C33H43FSi/c1-3-5-6-22-35-23-20-28(21-24-35)9-8-27-10-14-29(15-11-27)31-18-19-32(33(34)25-31)30-16-12-26(7-4-2)13-17-30/h10-19,25,28,35H,3-9,20-24H2,1-2H3/t28-,35-. The van der Waals surface area contributed by atoms with Gasteiger partial charge in [0.25, 0.3) is 0 Å². The van der Waals surface area contributed by atoms with Crippen LogP contribution in [0.1, 0.15) is 69.9 Å². The highest BCUT2D eigenvalue weighted by Crippen LogP contribution is 2.32. The van der Waals surface area contributed by atoms with Gasteiger partial charge in [-0.2, -0.15) is 0 Å². The smallest absolute Gasteiger partial charge is 0.131 e. The van der Waals surface area contributed by atoms with Gasteiger partial charge in [0, 0.05) is 14.4 Å². The molecule has 3 aromatic rings. The van der Waals surface area contributed by atoms with Crippen LogP contribution in [-0.2, 0) is 12.8 Å². The number of rotatable bonds is 11. The minimum Gasteiger partial charge on any atom is -0.206 e. The first-order chi connectivity index (χ1) is 17.2. The predicted molar refractivity (Wildman–Crippen MR) is 153 cm³/mol. The van der Waals surface area contributed by atoms with Crippen LogP contribution in [0.5, 0.6) is 0 Å². The van der Waals surface area contributed by atoms with Crippen molar-refractivity contribution >= 4 is 8.80 Å². The number of hydrogen-bond donors (Lipinski definition) is 0. The van der Waals surface area contributed by atoms with Gasteiger partial charge >= 0.3 is 0 Å². The average Bonchev–Trinajstić information content (AvgIpc) is 2.89. The van der Waals surface area contributed by atoms with Crippen LogP contribution in [0.4, 0.5) is 4.39 Å². The number of unbranched alkanes of at least 4 members (excludes halogenated alkanes) is 2. The molecule has 0 bridgehead atoms. The molecule has 0 saturated carbocycles. The third-order valence-corrected chi connectivity index (χ3v) is 11.6. The van der Waals surface area contributed by atoms with Crippen LogP contribution >= 0.6 is 0 Å². The lowest BCUT2D eigenvalue weighted by molar-refractivity contribution is 0.437. The van der Waals surface area contributed by atoms with E-state index in [0.717, 1.165) is 35.4 Å². The molecule has 0 atom stereocenters. The number of benzene rings is 3. The Morgan fingerprint density at radius 3 is 1.97 bits per heavy atom. The lowest BCUT2D eigenvalue weighted by Gasteiger charge is -2.27. The Labute approximate surface area is 214 Å². The topological polar surface area (TPSA) is 0 Å². The Hall–Kier alpha value is -2.19. The molecule has 35 heavy (non-hydrogen) atoms. The summed E-state index contributed by atoms with van der Waals surface area (Å²) >= 11 is 0. The van der Waals surface area contributed by atoms with Crippen molar-refractivity contribution in [2.24, 2.45) is 5.92 Å². The predicted octanol–water partition coefficient (Wildman–Crippen LogP) is 9.87. The second-order valence-corrected chi connectivity index (χ2v) is 14.2. The minimum atomic E-state index is -0.401. The van der Waals surface area contributed by atoms with Crippen molar-refractivity contribution in [2.45, 2.75) is 89.8 Å². The quantitative estimate of drug-likeness (QED) is 0.187. The van der Waals surface area contributed by atoms with Gasteiger partial charge in [0.15, 0.2) is 0 Å². The summed E-state index contributed by atoms with van der Waals surface area (Å²) in [5.41, 5.74) is 6.40. The zero-order valence-electron chi connectivity index (χ0n) is 21.9. The van der Waals surface area contributed by atoms with E-state index in [1.165, 1.54) is 56.1 Å². The molecule has 0 amide bonds. The molecule has 4 rings (SSSR count). The normalized spacial score (nSPS) is 18.0. The summed E-state index contributed by atoms with van der Waals surface area (Å²) in [6.07, 6.45) is 11.9. The summed E-state index contributed by atoms with van der Waals surface area (Å²) in [7, 11) is -0.401. The van der Waals surface area contributed by atoms with E-state index in [4.69, 9.17) is 0 Å². The second kappa shape index (κ2) is 13.2. The van der Waals surface area contributed by atoms with E-state index in [1.54, 1.807) is 24.2 Å². The van der Waals surface area contributed by atoms with Crippen molar-refractivity contribution in [3.8, 4) is 22.3 Å². The fourth-order valence-corrected chi connectivity index (χ4v) is 9.41. The van der Waals surface area contributed by atoms with Crippen LogP contribution in [0, 0.1) is 11.7 Å². The van der Waals surface area contributed by atoms with Gasteiger partial charge in [0.05, 0.1) is 0 Å². The zero-order chi connectivity index (χ0) is 24.5. The Balaban J connectivity index is 1.30. The molecule has 0 unspecified atom stereocenters. The lowest BCUT2D eigenvalue weighted by Crippen LogP contribution is -2.21. The Morgan fingerprint density at radius 2 is 1.34 bits per heavy atom. The van der Waals surface area contributed by atoms with Gasteiger partial charge in [-0.05, 0) is 59.1 Å². The molecule has 2 heteroatoms. The molecule has 0 spiro atoms. The maximum absolute atomic E-state index is 15.0. The Kier molecular flexibility index (Phi) is 9.77. The first kappa shape index (κ1) is 25.9. The molecule has 1 heterocycles. The lowest BCUT2D eigenvalue weighted by atomic mass is 9.93. The molecule has 1 aliphatic rings. The van der Waals surface area contributed by atoms with E-state index < -0.39 is 8.80 Å². The van der Waals surface area contributed by atoms with Gasteiger partial charge in [-0.25, -0.2) is 4.39 Å². The van der Waals surface area contributed by atoms with Crippen molar-refractivity contribution in [2.75, 3.05) is 0 Å². The first-order valence-electron chi connectivity index (χ1n) is 14.1. The maximum Gasteiger partial charge on any atom is 0.131 e. The summed E-state index contributed by atoms with van der Waals surface area (Å²) in [5.74, 6) is 0.783. The molecule has 0 aliphatic carbocycles. The van der Waals surface area contributed by atoms with Gasteiger partial charge in [-0.1, -0.05) is 131 Å². The van der Waals surface area contributed by atoms with E-state index in [0.29, 0.717) is 5.56 Å². The van der Waals surface area contributed by atoms with Crippen molar-refractivity contribution in [3.05, 3.63) is 83.7 Å². The molecule has 0 aromatic heterocycles. The van der Waals surface area contributed by atoms with E-state index in [2.05, 4.69) is 56.3 Å². The van der Waals surface area contributed by atoms with Crippen molar-refractivity contribution in [1.82, 2.24) is 0 Å². The van der Waals surface area contributed by atoms with Crippen LogP contribution in [0.15, 0.2) is 66.7 Å². The van der Waals surface area contributed by atoms with Gasteiger partial charge < -0.3 is 0 Å². The summed E-state index contributed by atoms with van der Waals surface area (Å²) in [4.78, 5) is 0. The molecule has 1 saturated heterocycles. The summed E-state index contributed by atoms with van der Waals surface area (Å²) < 4.78 is 15.0. The van der Waals surface area contributed by atoms with E-state index in [1.807, 2.05) is 18.2 Å². The van der Waals surface area contributed by atoms with Gasteiger partial charge in [0.1, 0.15) is 5.82 Å². The van der Waals surface area contributed by atoms with Crippen molar-refractivity contribution in [3.63, 3.8) is 0 Å². The number of aryl methyl sites for hydroxylation is 2. The molecule has 1 fully saturated rings. The summed E-state index contributed by atoms with van der Waals surface area (Å²) in [6.45, 7) is 4.49. The molecule has 186 valence electrons. The summed E-state index contributed by atoms with van der Waals surface area (Å²) in [5, 5.41) is 0. The molecule has 3 aromatic carbocycles. The highest BCUT2D eigenvalue weighted by Gasteiger charge is 2.21. The Morgan fingerprint density at radius 1 is 0.714 bits per heavy atom. The highest BCUT2D eigenvalue weighted by molar-refractivity contribution is 6.58. The van der Waals surface area contributed by atoms with E-state index in [9.17, 15) is 4.39 Å². The third-order valence-electron chi connectivity index (χ3n) is 8.08. The molecular weight excluding hydrogens is 443 g/mol.